The molecular weight excluding hydrogens is 306 g/mol. The van der Waals surface area contributed by atoms with Crippen LogP contribution in [0.15, 0.2) is 55.1 Å². The lowest BCUT2D eigenvalue weighted by Gasteiger charge is -2.17. The van der Waals surface area contributed by atoms with Gasteiger partial charge < -0.3 is 10.6 Å². The standard InChI is InChI=1S/C16H17N7O/c1-2-15(12-7-9-17-10-8-12)20-16(24)19-13-3-5-14(6-4-13)23-11-18-21-22-23/h3-11,15H,2H2,1H3,(H2,19,20,24)/t15-/m1/s1. The predicted octanol–water partition coefficient (Wildman–Crippen LogP) is 2.33. The van der Waals surface area contributed by atoms with Gasteiger partial charge in [0.2, 0.25) is 0 Å². The van der Waals surface area contributed by atoms with Crippen LogP contribution in [-0.4, -0.2) is 31.2 Å². The van der Waals surface area contributed by atoms with Gasteiger partial charge in [0.05, 0.1) is 11.7 Å². The molecule has 8 heteroatoms. The van der Waals surface area contributed by atoms with Crippen LogP contribution in [0, 0.1) is 0 Å². The van der Waals surface area contributed by atoms with Gasteiger partial charge >= 0.3 is 6.03 Å². The molecule has 0 fully saturated rings. The minimum atomic E-state index is -0.256. The second-order valence-corrected chi connectivity index (χ2v) is 5.14. The van der Waals surface area contributed by atoms with Crippen molar-refractivity contribution in [3.8, 4) is 5.69 Å². The van der Waals surface area contributed by atoms with E-state index >= 15 is 0 Å². The number of benzene rings is 1. The third-order valence-electron chi connectivity index (χ3n) is 3.56. The van der Waals surface area contributed by atoms with Crippen molar-refractivity contribution >= 4 is 11.7 Å². The van der Waals surface area contributed by atoms with E-state index in [2.05, 4.69) is 31.1 Å². The van der Waals surface area contributed by atoms with Gasteiger partial charge in [-0.3, -0.25) is 4.98 Å². The smallest absolute Gasteiger partial charge is 0.319 e. The zero-order chi connectivity index (χ0) is 16.8. The average Bonchev–Trinajstić information content (AvgIpc) is 3.16. The van der Waals surface area contributed by atoms with Crippen LogP contribution < -0.4 is 10.6 Å². The van der Waals surface area contributed by atoms with Gasteiger partial charge in [-0.25, -0.2) is 9.48 Å². The lowest BCUT2D eigenvalue weighted by molar-refractivity contribution is 0.248. The van der Waals surface area contributed by atoms with E-state index in [-0.39, 0.29) is 12.1 Å². The van der Waals surface area contributed by atoms with E-state index in [1.807, 2.05) is 31.2 Å². The number of hydrogen-bond donors (Lipinski definition) is 2. The van der Waals surface area contributed by atoms with Crippen LogP contribution in [0.2, 0.25) is 0 Å². The Morgan fingerprint density at radius 3 is 2.54 bits per heavy atom. The van der Waals surface area contributed by atoms with Crippen LogP contribution >= 0.6 is 0 Å². The molecule has 0 aliphatic heterocycles. The molecule has 2 amide bonds. The largest absolute Gasteiger partial charge is 0.331 e. The first-order valence-electron chi connectivity index (χ1n) is 7.57. The van der Waals surface area contributed by atoms with Gasteiger partial charge in [-0.15, -0.1) is 5.10 Å². The minimum absolute atomic E-state index is 0.0616. The zero-order valence-corrected chi connectivity index (χ0v) is 13.1. The Morgan fingerprint density at radius 2 is 1.92 bits per heavy atom. The Balaban J connectivity index is 1.62. The van der Waals surface area contributed by atoms with Crippen LogP contribution in [0.3, 0.4) is 0 Å². The number of nitrogens with one attached hydrogen (secondary N) is 2. The van der Waals surface area contributed by atoms with Crippen molar-refractivity contribution in [3.63, 3.8) is 0 Å². The van der Waals surface area contributed by atoms with Gasteiger partial charge in [-0.1, -0.05) is 6.92 Å². The van der Waals surface area contributed by atoms with Crippen molar-refractivity contribution in [2.45, 2.75) is 19.4 Å². The maximum atomic E-state index is 12.2. The Bertz CT molecular complexity index is 772. The Labute approximate surface area is 138 Å². The molecule has 0 unspecified atom stereocenters. The van der Waals surface area contributed by atoms with E-state index in [1.54, 1.807) is 29.2 Å². The van der Waals surface area contributed by atoms with E-state index in [0.717, 1.165) is 17.7 Å². The summed E-state index contributed by atoms with van der Waals surface area (Å²) in [7, 11) is 0. The number of hydrogen-bond acceptors (Lipinski definition) is 5. The summed E-state index contributed by atoms with van der Waals surface area (Å²) in [6, 6.07) is 10.7. The Morgan fingerprint density at radius 1 is 1.17 bits per heavy atom. The lowest BCUT2D eigenvalue weighted by atomic mass is 10.1. The highest BCUT2D eigenvalue weighted by Crippen LogP contribution is 2.16. The molecule has 0 aliphatic carbocycles. The van der Waals surface area contributed by atoms with Gasteiger partial charge in [0.25, 0.3) is 0 Å². The fourth-order valence-electron chi connectivity index (χ4n) is 2.32. The zero-order valence-electron chi connectivity index (χ0n) is 13.1. The van der Waals surface area contributed by atoms with Crippen LogP contribution in [0.5, 0.6) is 0 Å². The minimum Gasteiger partial charge on any atom is -0.331 e. The molecule has 0 spiro atoms. The van der Waals surface area contributed by atoms with Crippen LogP contribution in [0.25, 0.3) is 5.69 Å². The molecular formula is C16H17N7O. The van der Waals surface area contributed by atoms with E-state index in [1.165, 1.54) is 6.33 Å². The van der Waals surface area contributed by atoms with Gasteiger partial charge in [0.15, 0.2) is 0 Å². The molecule has 2 heterocycles. The lowest BCUT2D eigenvalue weighted by Crippen LogP contribution is -2.32. The summed E-state index contributed by atoms with van der Waals surface area (Å²) < 4.78 is 1.54. The van der Waals surface area contributed by atoms with Crippen molar-refractivity contribution in [1.82, 2.24) is 30.5 Å². The van der Waals surface area contributed by atoms with Crippen LogP contribution in [0.4, 0.5) is 10.5 Å². The third-order valence-corrected chi connectivity index (χ3v) is 3.56. The molecule has 122 valence electrons. The second-order valence-electron chi connectivity index (χ2n) is 5.14. The van der Waals surface area contributed by atoms with Crippen LogP contribution in [-0.2, 0) is 0 Å². The summed E-state index contributed by atoms with van der Waals surface area (Å²) >= 11 is 0. The number of nitrogens with zero attached hydrogens (tertiary/aromatic N) is 5. The summed E-state index contributed by atoms with van der Waals surface area (Å²) in [5.74, 6) is 0. The average molecular weight is 323 g/mol. The maximum absolute atomic E-state index is 12.2. The second kappa shape index (κ2) is 7.32. The van der Waals surface area contributed by atoms with Crippen molar-refractivity contribution in [1.29, 1.82) is 0 Å². The van der Waals surface area contributed by atoms with Crippen LogP contribution in [0.1, 0.15) is 24.9 Å². The van der Waals surface area contributed by atoms with Crippen molar-refractivity contribution in [2.24, 2.45) is 0 Å². The summed E-state index contributed by atoms with van der Waals surface area (Å²) in [5, 5.41) is 16.8. The SMILES string of the molecule is CC[C@@H](NC(=O)Nc1ccc(-n2cnnn2)cc1)c1ccncc1. The molecule has 0 saturated heterocycles. The number of rotatable bonds is 5. The van der Waals surface area contributed by atoms with Gasteiger partial charge in [-0.2, -0.15) is 0 Å². The molecule has 3 rings (SSSR count). The molecule has 1 aromatic carbocycles. The molecule has 3 aromatic rings. The molecule has 0 aliphatic rings. The Hall–Kier alpha value is -3.29. The highest BCUT2D eigenvalue weighted by atomic mass is 16.2. The molecule has 0 bridgehead atoms. The van der Waals surface area contributed by atoms with E-state index in [9.17, 15) is 4.79 Å². The first-order chi connectivity index (χ1) is 11.8. The number of pyridine rings is 1. The molecule has 0 saturated carbocycles. The molecule has 2 N–H and O–H groups in total. The first-order valence-corrected chi connectivity index (χ1v) is 7.57. The highest BCUT2D eigenvalue weighted by Gasteiger charge is 2.12. The molecule has 2 aromatic heterocycles. The fraction of sp³-hybridized carbons (Fsp3) is 0.188. The summed E-state index contributed by atoms with van der Waals surface area (Å²) in [6.07, 6.45) is 5.73. The summed E-state index contributed by atoms with van der Waals surface area (Å²) in [6.45, 7) is 2.02. The number of anilines is 1. The van der Waals surface area contributed by atoms with Crippen molar-refractivity contribution < 1.29 is 4.79 Å². The van der Waals surface area contributed by atoms with E-state index < -0.39 is 0 Å². The van der Waals surface area contributed by atoms with Crippen molar-refractivity contribution in [3.05, 3.63) is 60.7 Å². The number of carbonyl (C=O) groups excluding carboxylic acids is 1. The monoisotopic (exact) mass is 323 g/mol. The fourth-order valence-corrected chi connectivity index (χ4v) is 2.32. The number of amides is 2. The summed E-state index contributed by atoms with van der Waals surface area (Å²) in [5.41, 5.74) is 2.53. The van der Waals surface area contributed by atoms with Crippen molar-refractivity contribution in [2.75, 3.05) is 5.32 Å². The number of tetrazole rings is 1. The topological polar surface area (TPSA) is 97.6 Å². The van der Waals surface area contributed by atoms with Gasteiger partial charge in [0.1, 0.15) is 6.33 Å². The predicted molar refractivity (Wildman–Crippen MR) is 88.6 cm³/mol. The van der Waals surface area contributed by atoms with E-state index in [0.29, 0.717) is 5.69 Å². The highest BCUT2D eigenvalue weighted by molar-refractivity contribution is 5.89. The molecule has 8 nitrogen and oxygen atoms in total. The number of urea groups is 1. The third kappa shape index (κ3) is 3.72. The molecule has 1 atom stereocenters. The maximum Gasteiger partial charge on any atom is 0.319 e. The number of carbonyl (C=O) groups is 1. The van der Waals surface area contributed by atoms with E-state index in [4.69, 9.17) is 0 Å². The van der Waals surface area contributed by atoms with Gasteiger partial charge in [-0.05, 0) is 58.8 Å². The number of aromatic nitrogens is 5. The molecule has 24 heavy (non-hydrogen) atoms. The quantitative estimate of drug-likeness (QED) is 0.751. The first kappa shape index (κ1) is 15.6. The van der Waals surface area contributed by atoms with Gasteiger partial charge in [0, 0.05) is 18.1 Å². The normalized spacial score (nSPS) is 11.7. The summed E-state index contributed by atoms with van der Waals surface area (Å²) in [4.78, 5) is 16.2. The molecule has 0 radical (unpaired) electrons. The Kier molecular flexibility index (Phi) is 4.76.